The van der Waals surface area contributed by atoms with Crippen LogP contribution in [0, 0.1) is 0 Å². The van der Waals surface area contributed by atoms with E-state index in [0.717, 1.165) is 35.5 Å². The maximum Gasteiger partial charge on any atom is 0.194 e. The molecule has 1 atom stereocenters. The quantitative estimate of drug-likeness (QED) is 0.650. The Morgan fingerprint density at radius 3 is 2.88 bits per heavy atom. The number of fused-ring (bicyclic) bond motifs is 2. The fourth-order valence-corrected chi connectivity index (χ4v) is 3.41. The smallest absolute Gasteiger partial charge is 0.194 e. The number of ketones is 1. The fraction of sp³-hybridized carbons (Fsp3) is 0.211. The Hall–Kier alpha value is -2.95. The number of nitrogens with zero attached hydrogens (tertiary/aromatic N) is 2. The maximum absolute atomic E-state index is 13.0. The van der Waals surface area contributed by atoms with Crippen LogP contribution in [0.25, 0.3) is 0 Å². The first-order valence-electron chi connectivity index (χ1n) is 8.02. The molecule has 2 aliphatic heterocycles. The molecule has 0 amide bonds. The van der Waals surface area contributed by atoms with Crippen molar-refractivity contribution in [2.45, 2.75) is 25.8 Å². The zero-order chi connectivity index (χ0) is 16.7. The van der Waals surface area contributed by atoms with Gasteiger partial charge in [0.05, 0.1) is 11.9 Å². The van der Waals surface area contributed by atoms with Gasteiger partial charge in [0.15, 0.2) is 5.78 Å². The van der Waals surface area contributed by atoms with Crippen molar-refractivity contribution in [3.63, 3.8) is 0 Å². The van der Waals surface area contributed by atoms with Gasteiger partial charge in [0.1, 0.15) is 0 Å². The molecule has 2 heterocycles. The summed E-state index contributed by atoms with van der Waals surface area (Å²) in [6, 6.07) is 7.18. The lowest BCUT2D eigenvalue weighted by Crippen LogP contribution is -2.24. The van der Waals surface area contributed by atoms with Crippen molar-refractivity contribution in [2.75, 3.05) is 5.73 Å². The zero-order valence-electron chi connectivity index (χ0n) is 13.4. The molecular weight excluding hydrogens is 300 g/mol. The van der Waals surface area contributed by atoms with Crippen LogP contribution in [0.4, 0.5) is 5.69 Å². The number of nitrogens with one attached hydrogen (secondary N) is 1. The van der Waals surface area contributed by atoms with E-state index in [1.807, 2.05) is 13.0 Å². The maximum atomic E-state index is 13.0. The molecule has 5 nitrogen and oxygen atoms in total. The van der Waals surface area contributed by atoms with Crippen LogP contribution in [-0.2, 0) is 0 Å². The Labute approximate surface area is 140 Å². The summed E-state index contributed by atoms with van der Waals surface area (Å²) in [5.41, 5.74) is 10.8. The van der Waals surface area contributed by atoms with Crippen molar-refractivity contribution >= 4 is 23.5 Å². The first kappa shape index (κ1) is 14.6. The second kappa shape index (κ2) is 5.60. The van der Waals surface area contributed by atoms with Crippen LogP contribution in [0.3, 0.4) is 0 Å². The number of amidine groups is 1. The SMILES string of the molecule is CC1=NC2CCC3=C(C(=O)c4ccc(N)cc4)C=NC=CC3=C2N1. The summed E-state index contributed by atoms with van der Waals surface area (Å²) in [5.74, 6) is 0.901. The molecule has 5 heteroatoms. The van der Waals surface area contributed by atoms with Gasteiger partial charge in [-0.05, 0) is 55.7 Å². The van der Waals surface area contributed by atoms with Gasteiger partial charge in [-0.1, -0.05) is 0 Å². The average molecular weight is 318 g/mol. The summed E-state index contributed by atoms with van der Waals surface area (Å²) in [6.07, 6.45) is 7.09. The Balaban J connectivity index is 1.81. The van der Waals surface area contributed by atoms with Crippen molar-refractivity contribution in [3.05, 3.63) is 64.5 Å². The van der Waals surface area contributed by atoms with Gasteiger partial charge in [0, 0.05) is 40.5 Å². The first-order valence-corrected chi connectivity index (χ1v) is 8.02. The molecule has 1 unspecified atom stereocenters. The van der Waals surface area contributed by atoms with Crippen molar-refractivity contribution < 1.29 is 4.79 Å². The number of aliphatic imine (C=N–C) groups is 2. The third-order valence-electron chi connectivity index (χ3n) is 4.55. The van der Waals surface area contributed by atoms with Crippen LogP contribution in [0.15, 0.2) is 68.9 Å². The minimum absolute atomic E-state index is 0.0235. The number of allylic oxidation sites excluding steroid dienone is 4. The summed E-state index contributed by atoms with van der Waals surface area (Å²) in [5, 5.41) is 3.35. The molecule has 4 rings (SSSR count). The first-order chi connectivity index (χ1) is 11.6. The molecule has 0 fully saturated rings. The lowest BCUT2D eigenvalue weighted by Gasteiger charge is -2.23. The standard InChI is InChI=1S/C19H18N4O/c1-11-22-17-7-6-14-15(18(17)23-11)8-9-21-10-16(14)19(24)12-2-4-13(20)5-3-12/h2-5,8-10,17H,6-7,20H2,1H3,(H,22,23). The summed E-state index contributed by atoms with van der Waals surface area (Å²) in [6.45, 7) is 1.96. The topological polar surface area (TPSA) is 79.8 Å². The number of nitrogen functional groups attached to an aromatic ring is 1. The van der Waals surface area contributed by atoms with E-state index in [0.29, 0.717) is 16.8 Å². The normalized spacial score (nSPS) is 21.9. The Kier molecular flexibility index (Phi) is 3.41. The monoisotopic (exact) mass is 318 g/mol. The number of Topliss-reactive ketones (excluding diaryl/α,β-unsaturated/α-hetero) is 1. The summed E-state index contributed by atoms with van der Waals surface area (Å²) in [7, 11) is 0. The van der Waals surface area contributed by atoms with Crippen molar-refractivity contribution in [1.82, 2.24) is 5.32 Å². The number of nitrogens with two attached hydrogens (primary N) is 1. The van der Waals surface area contributed by atoms with Crippen molar-refractivity contribution in [1.29, 1.82) is 0 Å². The van der Waals surface area contributed by atoms with E-state index >= 15 is 0 Å². The van der Waals surface area contributed by atoms with E-state index in [4.69, 9.17) is 5.73 Å². The van der Waals surface area contributed by atoms with Crippen LogP contribution < -0.4 is 11.1 Å². The third kappa shape index (κ3) is 2.38. The molecule has 120 valence electrons. The molecule has 0 bridgehead atoms. The number of carbonyl (C=O) groups is 1. The largest absolute Gasteiger partial charge is 0.399 e. The number of anilines is 1. The minimum atomic E-state index is -0.0235. The molecule has 1 aromatic rings. The second-order valence-corrected chi connectivity index (χ2v) is 6.16. The van der Waals surface area contributed by atoms with E-state index in [-0.39, 0.29) is 11.8 Å². The summed E-state index contributed by atoms with van der Waals surface area (Å²) in [4.78, 5) is 21.9. The highest BCUT2D eigenvalue weighted by Gasteiger charge is 2.32. The number of benzene rings is 1. The van der Waals surface area contributed by atoms with Crippen molar-refractivity contribution in [3.8, 4) is 0 Å². The highest BCUT2D eigenvalue weighted by Crippen LogP contribution is 2.36. The molecular formula is C19H18N4O. The molecule has 0 radical (unpaired) electrons. The van der Waals surface area contributed by atoms with E-state index in [9.17, 15) is 4.79 Å². The Morgan fingerprint density at radius 2 is 2.08 bits per heavy atom. The molecule has 24 heavy (non-hydrogen) atoms. The average Bonchev–Trinajstić information content (AvgIpc) is 2.83. The Morgan fingerprint density at radius 1 is 1.29 bits per heavy atom. The van der Waals surface area contributed by atoms with Crippen LogP contribution >= 0.6 is 0 Å². The highest BCUT2D eigenvalue weighted by molar-refractivity contribution is 6.22. The molecule has 0 aromatic heterocycles. The van der Waals surface area contributed by atoms with Gasteiger partial charge in [-0.15, -0.1) is 0 Å². The lowest BCUT2D eigenvalue weighted by molar-refractivity contribution is 0.104. The molecule has 3 aliphatic rings. The molecule has 1 aliphatic carbocycles. The van der Waals surface area contributed by atoms with Crippen LogP contribution in [0.2, 0.25) is 0 Å². The van der Waals surface area contributed by atoms with Gasteiger partial charge in [-0.25, -0.2) is 0 Å². The van der Waals surface area contributed by atoms with E-state index in [2.05, 4.69) is 15.3 Å². The van der Waals surface area contributed by atoms with E-state index in [1.165, 1.54) is 0 Å². The number of hydrogen-bond donors (Lipinski definition) is 2. The molecule has 0 spiro atoms. The van der Waals surface area contributed by atoms with Gasteiger partial charge in [-0.3, -0.25) is 14.8 Å². The van der Waals surface area contributed by atoms with Crippen LogP contribution in [0.5, 0.6) is 0 Å². The summed E-state index contributed by atoms with van der Waals surface area (Å²) >= 11 is 0. The fourth-order valence-electron chi connectivity index (χ4n) is 3.41. The third-order valence-corrected chi connectivity index (χ3v) is 4.55. The van der Waals surface area contributed by atoms with E-state index in [1.54, 1.807) is 36.7 Å². The van der Waals surface area contributed by atoms with Crippen LogP contribution in [-0.4, -0.2) is 23.9 Å². The molecule has 1 aromatic carbocycles. The Bertz CT molecular complexity index is 869. The van der Waals surface area contributed by atoms with Gasteiger partial charge in [-0.2, -0.15) is 0 Å². The van der Waals surface area contributed by atoms with Crippen molar-refractivity contribution in [2.24, 2.45) is 9.98 Å². The molecule has 0 saturated heterocycles. The minimum Gasteiger partial charge on any atom is -0.399 e. The number of rotatable bonds is 2. The van der Waals surface area contributed by atoms with Gasteiger partial charge in [0.2, 0.25) is 0 Å². The second-order valence-electron chi connectivity index (χ2n) is 6.16. The highest BCUT2D eigenvalue weighted by atomic mass is 16.1. The van der Waals surface area contributed by atoms with Gasteiger partial charge < -0.3 is 11.1 Å². The summed E-state index contributed by atoms with van der Waals surface area (Å²) < 4.78 is 0. The van der Waals surface area contributed by atoms with Crippen LogP contribution in [0.1, 0.15) is 30.1 Å². The van der Waals surface area contributed by atoms with Gasteiger partial charge in [0.25, 0.3) is 0 Å². The van der Waals surface area contributed by atoms with Gasteiger partial charge >= 0.3 is 0 Å². The molecule has 3 N–H and O–H groups in total. The number of carbonyl (C=O) groups excluding carboxylic acids is 1. The van der Waals surface area contributed by atoms with E-state index < -0.39 is 0 Å². The predicted octanol–water partition coefficient (Wildman–Crippen LogP) is 2.78. The zero-order valence-corrected chi connectivity index (χ0v) is 13.4. The number of hydrogen-bond acceptors (Lipinski definition) is 5. The molecule has 0 saturated carbocycles. The lowest BCUT2D eigenvalue weighted by atomic mass is 9.84. The predicted molar refractivity (Wildman–Crippen MR) is 96.1 cm³/mol.